The maximum atomic E-state index is 14.3. The molecular weight excluding hydrogens is 431 g/mol. The molecule has 1 atom stereocenters. The summed E-state index contributed by atoms with van der Waals surface area (Å²) in [6.07, 6.45) is 2.73. The summed E-state index contributed by atoms with van der Waals surface area (Å²) in [4.78, 5) is 30.6. The van der Waals surface area contributed by atoms with Crippen molar-refractivity contribution in [2.24, 2.45) is 0 Å². The lowest BCUT2D eigenvalue weighted by Gasteiger charge is -2.34. The Labute approximate surface area is 188 Å². The molecule has 0 saturated carbocycles. The van der Waals surface area contributed by atoms with E-state index >= 15 is 0 Å². The quantitative estimate of drug-likeness (QED) is 0.531. The van der Waals surface area contributed by atoms with Gasteiger partial charge in [-0.15, -0.1) is 0 Å². The molecule has 0 aliphatic carbocycles. The van der Waals surface area contributed by atoms with E-state index in [-0.39, 0.29) is 42.0 Å². The molecule has 0 unspecified atom stereocenters. The summed E-state index contributed by atoms with van der Waals surface area (Å²) in [5, 5.41) is 8.43. The summed E-state index contributed by atoms with van der Waals surface area (Å²) in [7, 11) is 0. The maximum absolute atomic E-state index is 14.3. The van der Waals surface area contributed by atoms with E-state index in [0.29, 0.717) is 24.7 Å². The van der Waals surface area contributed by atoms with E-state index in [9.17, 15) is 9.18 Å². The van der Waals surface area contributed by atoms with Crippen molar-refractivity contribution in [1.29, 1.82) is 0 Å². The first-order valence-corrected chi connectivity index (χ1v) is 10.4. The van der Waals surface area contributed by atoms with E-state index in [1.165, 1.54) is 0 Å². The smallest absolute Gasteiger partial charge is 0.263 e. The van der Waals surface area contributed by atoms with Crippen LogP contribution in [0.3, 0.4) is 0 Å². The molecule has 1 amide bonds. The largest absolute Gasteiger partial charge is 0.480 e. The lowest BCUT2D eigenvalue weighted by Crippen LogP contribution is -2.44. The minimum absolute atomic E-state index is 0.0711. The molecule has 3 N–H and O–H groups in total. The van der Waals surface area contributed by atoms with Gasteiger partial charge in [-0.05, 0) is 31.2 Å². The number of aromatic nitrogens is 4. The van der Waals surface area contributed by atoms with Gasteiger partial charge in [-0.2, -0.15) is 4.98 Å². The molecule has 3 aromatic rings. The van der Waals surface area contributed by atoms with Crippen LogP contribution in [0.25, 0.3) is 0 Å². The first-order chi connectivity index (χ1) is 16.0. The standard InChI is InChI=1S/C21H21FN8O3/c1-12-10-32-7-6-30(12)17-5-2-13(8-23-17)25-21-24-9-14(22)19(29-21)26-16-4-3-15-20(27-16)28-18(31)11-33-15/h2-5,8-9,12H,6-7,10-11H2,1H3,(H3,24,25,26,27,28,29,31)/t12-/m1/s1. The van der Waals surface area contributed by atoms with Crippen LogP contribution in [0.4, 0.5) is 39.3 Å². The minimum Gasteiger partial charge on any atom is -0.480 e. The summed E-state index contributed by atoms with van der Waals surface area (Å²) in [5.41, 5.74) is 0.656. The molecule has 0 radical (unpaired) electrons. The Morgan fingerprint density at radius 2 is 2.06 bits per heavy atom. The Hall–Kier alpha value is -4.06. The van der Waals surface area contributed by atoms with Gasteiger partial charge in [-0.25, -0.2) is 19.3 Å². The number of nitrogens with one attached hydrogen (secondary N) is 3. The molecule has 11 nitrogen and oxygen atoms in total. The average molecular weight is 452 g/mol. The number of hydrogen-bond donors (Lipinski definition) is 3. The number of rotatable bonds is 5. The highest BCUT2D eigenvalue weighted by atomic mass is 19.1. The number of morpholine rings is 1. The highest BCUT2D eigenvalue weighted by Crippen LogP contribution is 2.28. The maximum Gasteiger partial charge on any atom is 0.263 e. The fraction of sp³-hybridized carbons (Fsp3) is 0.286. The zero-order chi connectivity index (χ0) is 22.8. The number of carbonyl (C=O) groups excluding carboxylic acids is 1. The van der Waals surface area contributed by atoms with Crippen LogP contribution in [0.5, 0.6) is 5.75 Å². The van der Waals surface area contributed by atoms with Gasteiger partial charge in [0.2, 0.25) is 5.95 Å². The number of hydrogen-bond acceptors (Lipinski definition) is 10. The summed E-state index contributed by atoms with van der Waals surface area (Å²) < 4.78 is 25.1. The summed E-state index contributed by atoms with van der Waals surface area (Å²) >= 11 is 0. The number of ether oxygens (including phenoxy) is 2. The van der Waals surface area contributed by atoms with Crippen LogP contribution in [-0.2, 0) is 9.53 Å². The van der Waals surface area contributed by atoms with Gasteiger partial charge in [-0.1, -0.05) is 0 Å². The van der Waals surface area contributed by atoms with E-state index < -0.39 is 5.82 Å². The highest BCUT2D eigenvalue weighted by molar-refractivity contribution is 5.94. The van der Waals surface area contributed by atoms with Crippen LogP contribution in [0.1, 0.15) is 6.92 Å². The third-order valence-electron chi connectivity index (χ3n) is 5.13. The second-order valence-corrected chi connectivity index (χ2v) is 7.54. The molecular formula is C21H21FN8O3. The number of halogens is 1. The van der Waals surface area contributed by atoms with Crippen molar-refractivity contribution in [3.8, 4) is 5.75 Å². The molecule has 5 rings (SSSR count). The molecule has 2 aliphatic rings. The molecule has 12 heteroatoms. The fourth-order valence-corrected chi connectivity index (χ4v) is 3.50. The Bertz CT molecular complexity index is 1180. The van der Waals surface area contributed by atoms with Crippen molar-refractivity contribution < 1.29 is 18.7 Å². The SMILES string of the molecule is C[C@@H]1COCCN1c1ccc(Nc2ncc(F)c(Nc3ccc4c(n3)NC(=O)CO4)n2)cn1. The summed E-state index contributed by atoms with van der Waals surface area (Å²) in [6, 6.07) is 7.24. The van der Waals surface area contributed by atoms with Crippen LogP contribution in [0, 0.1) is 5.82 Å². The van der Waals surface area contributed by atoms with Gasteiger partial charge in [0.25, 0.3) is 5.91 Å². The van der Waals surface area contributed by atoms with E-state index in [1.807, 2.05) is 12.1 Å². The van der Waals surface area contributed by atoms with Crippen LogP contribution in [0.15, 0.2) is 36.7 Å². The number of pyridine rings is 2. The first-order valence-electron chi connectivity index (χ1n) is 10.4. The van der Waals surface area contributed by atoms with Crippen molar-refractivity contribution in [2.45, 2.75) is 13.0 Å². The van der Waals surface area contributed by atoms with Crippen LogP contribution >= 0.6 is 0 Å². The summed E-state index contributed by atoms with van der Waals surface area (Å²) in [6.45, 7) is 4.14. The molecule has 33 heavy (non-hydrogen) atoms. The molecule has 0 bridgehead atoms. The Balaban J connectivity index is 1.30. The normalized spacial score (nSPS) is 17.6. The van der Waals surface area contributed by atoms with Gasteiger partial charge in [0.05, 0.1) is 37.3 Å². The van der Waals surface area contributed by atoms with Crippen LogP contribution in [0.2, 0.25) is 0 Å². The Kier molecular flexibility index (Phi) is 5.57. The highest BCUT2D eigenvalue weighted by Gasteiger charge is 2.20. The van der Waals surface area contributed by atoms with Gasteiger partial charge >= 0.3 is 0 Å². The van der Waals surface area contributed by atoms with Gasteiger partial charge in [0.15, 0.2) is 29.8 Å². The van der Waals surface area contributed by atoms with Crippen molar-refractivity contribution in [3.05, 3.63) is 42.5 Å². The van der Waals surface area contributed by atoms with Gasteiger partial charge in [0, 0.05) is 6.54 Å². The molecule has 1 fully saturated rings. The van der Waals surface area contributed by atoms with Gasteiger partial charge in [-0.3, -0.25) is 4.79 Å². The van der Waals surface area contributed by atoms with Crippen molar-refractivity contribution in [2.75, 3.05) is 47.2 Å². The van der Waals surface area contributed by atoms with Crippen LogP contribution < -0.4 is 25.6 Å². The molecule has 170 valence electrons. The molecule has 3 aromatic heterocycles. The number of anilines is 6. The van der Waals surface area contributed by atoms with Gasteiger partial charge in [0.1, 0.15) is 11.6 Å². The monoisotopic (exact) mass is 452 g/mol. The van der Waals surface area contributed by atoms with E-state index in [2.05, 4.69) is 47.7 Å². The molecule has 0 spiro atoms. The van der Waals surface area contributed by atoms with E-state index in [1.54, 1.807) is 18.3 Å². The second-order valence-electron chi connectivity index (χ2n) is 7.54. The van der Waals surface area contributed by atoms with Crippen molar-refractivity contribution >= 4 is 40.8 Å². The topological polar surface area (TPSA) is 126 Å². The predicted octanol–water partition coefficient (Wildman–Crippen LogP) is 2.45. The number of carbonyl (C=O) groups is 1. The molecule has 1 saturated heterocycles. The number of fused-ring (bicyclic) bond motifs is 1. The van der Waals surface area contributed by atoms with Gasteiger partial charge < -0.3 is 30.3 Å². The average Bonchev–Trinajstić information content (AvgIpc) is 2.82. The van der Waals surface area contributed by atoms with E-state index in [4.69, 9.17) is 9.47 Å². The zero-order valence-electron chi connectivity index (χ0n) is 17.7. The number of nitrogens with zero attached hydrogens (tertiary/aromatic N) is 5. The lowest BCUT2D eigenvalue weighted by molar-refractivity contribution is -0.118. The Morgan fingerprint density at radius 1 is 1.15 bits per heavy atom. The summed E-state index contributed by atoms with van der Waals surface area (Å²) in [5.74, 6) is 0.974. The lowest BCUT2D eigenvalue weighted by atomic mass is 10.2. The second kappa shape index (κ2) is 8.82. The van der Waals surface area contributed by atoms with Crippen molar-refractivity contribution in [1.82, 2.24) is 19.9 Å². The fourth-order valence-electron chi connectivity index (χ4n) is 3.50. The number of amides is 1. The minimum atomic E-state index is -0.657. The first kappa shape index (κ1) is 20.8. The Morgan fingerprint density at radius 3 is 2.88 bits per heavy atom. The molecule has 2 aliphatic heterocycles. The van der Waals surface area contributed by atoms with Crippen LogP contribution in [-0.4, -0.2) is 58.3 Å². The third-order valence-corrected chi connectivity index (χ3v) is 5.13. The predicted molar refractivity (Wildman–Crippen MR) is 119 cm³/mol. The molecule has 5 heterocycles. The molecule has 0 aromatic carbocycles. The van der Waals surface area contributed by atoms with Crippen molar-refractivity contribution in [3.63, 3.8) is 0 Å². The third kappa shape index (κ3) is 4.60. The zero-order valence-corrected chi connectivity index (χ0v) is 17.7. The van der Waals surface area contributed by atoms with E-state index in [0.717, 1.165) is 18.6 Å².